The number of anilines is 1. The molecule has 4 nitrogen and oxygen atoms in total. The minimum absolute atomic E-state index is 0.963. The number of rotatable bonds is 6. The molecule has 1 rings (SSSR count). The first-order valence-electron chi connectivity index (χ1n) is 5.68. The Morgan fingerprint density at radius 2 is 1.81 bits per heavy atom. The van der Waals surface area contributed by atoms with Crippen molar-refractivity contribution in [2.45, 2.75) is 13.8 Å². The van der Waals surface area contributed by atoms with Gasteiger partial charge in [-0.25, -0.2) is 0 Å². The molecule has 0 aromatic carbocycles. The maximum absolute atomic E-state index is 4.39. The van der Waals surface area contributed by atoms with Gasteiger partial charge in [0.15, 0.2) is 0 Å². The van der Waals surface area contributed by atoms with Gasteiger partial charge in [0.05, 0.1) is 0 Å². The Bertz CT molecular complexity index is 297. The summed E-state index contributed by atoms with van der Waals surface area (Å²) in [5.74, 6) is 0.963. The van der Waals surface area contributed by atoms with Crippen molar-refractivity contribution in [3.05, 3.63) is 12.4 Å². The Labute approximate surface area is 111 Å². The molecule has 0 saturated carbocycles. The molecule has 0 aliphatic rings. The molecule has 1 heterocycles. The SMILES string of the molecule is CCN(CC)CCN(C)c1cn[c]([SnH])cn1. The standard InChI is InChI=1S/C11H19N4.Sn.H/c1-4-15(5-2)9-8-14(3)11-10-12-6-7-13-11;;/h7,10H,4-5,8-9H2,1-3H3;;. The predicted molar refractivity (Wildman–Crippen MR) is 69.9 cm³/mol. The molecule has 1 aromatic rings. The van der Waals surface area contributed by atoms with E-state index in [9.17, 15) is 0 Å². The van der Waals surface area contributed by atoms with Crippen LogP contribution in [-0.2, 0) is 0 Å². The van der Waals surface area contributed by atoms with Crippen LogP contribution >= 0.6 is 0 Å². The number of hydrogen-bond donors (Lipinski definition) is 0. The van der Waals surface area contributed by atoms with E-state index in [1.165, 1.54) is 0 Å². The van der Waals surface area contributed by atoms with Gasteiger partial charge in [-0.3, -0.25) is 0 Å². The summed E-state index contributed by atoms with van der Waals surface area (Å²) < 4.78 is 1.09. The third-order valence-electron chi connectivity index (χ3n) is 2.70. The van der Waals surface area contributed by atoms with Gasteiger partial charge in [-0.15, -0.1) is 0 Å². The van der Waals surface area contributed by atoms with Crippen molar-refractivity contribution in [3.8, 4) is 0 Å². The molecule has 0 fully saturated rings. The van der Waals surface area contributed by atoms with Crippen molar-refractivity contribution in [2.24, 2.45) is 0 Å². The van der Waals surface area contributed by atoms with Gasteiger partial charge < -0.3 is 0 Å². The summed E-state index contributed by atoms with van der Waals surface area (Å²) in [6.07, 6.45) is 3.73. The van der Waals surface area contributed by atoms with E-state index in [0.29, 0.717) is 0 Å². The zero-order valence-corrected chi connectivity index (χ0v) is 13.6. The van der Waals surface area contributed by atoms with Crippen molar-refractivity contribution >= 4 is 32.1 Å². The van der Waals surface area contributed by atoms with Gasteiger partial charge in [-0.2, -0.15) is 0 Å². The minimum atomic E-state index is 0.963. The van der Waals surface area contributed by atoms with Crippen LogP contribution in [0.1, 0.15) is 13.8 Å². The number of aromatic nitrogens is 2. The molecule has 2 radical (unpaired) electrons. The Balaban J connectivity index is 2.46. The van der Waals surface area contributed by atoms with E-state index in [2.05, 4.69) is 40.7 Å². The molecule has 0 N–H and O–H groups in total. The number of nitrogens with zero attached hydrogens (tertiary/aromatic N) is 4. The molecule has 0 atom stereocenters. The molecule has 0 saturated heterocycles. The van der Waals surface area contributed by atoms with Crippen molar-refractivity contribution in [2.75, 3.05) is 38.1 Å². The second-order valence-electron chi connectivity index (χ2n) is 3.75. The Kier molecular flexibility index (Phi) is 6.05. The Morgan fingerprint density at radius 3 is 2.31 bits per heavy atom. The van der Waals surface area contributed by atoms with Crippen LogP contribution in [0.2, 0.25) is 0 Å². The summed E-state index contributed by atoms with van der Waals surface area (Å²) in [5, 5.41) is 0. The molecular weight excluding hydrogens is 307 g/mol. The molecule has 16 heavy (non-hydrogen) atoms. The fourth-order valence-corrected chi connectivity index (χ4v) is 1.90. The Morgan fingerprint density at radius 1 is 1.12 bits per heavy atom. The second kappa shape index (κ2) is 7.06. The van der Waals surface area contributed by atoms with Gasteiger partial charge in [0.25, 0.3) is 0 Å². The van der Waals surface area contributed by atoms with Gasteiger partial charge in [0.2, 0.25) is 0 Å². The van der Waals surface area contributed by atoms with Gasteiger partial charge in [-0.05, 0) is 0 Å². The van der Waals surface area contributed by atoms with Crippen molar-refractivity contribution in [1.29, 1.82) is 0 Å². The van der Waals surface area contributed by atoms with Crippen LogP contribution in [0.5, 0.6) is 0 Å². The zero-order chi connectivity index (χ0) is 12.0. The fraction of sp³-hybridized carbons (Fsp3) is 0.636. The molecule has 0 bridgehead atoms. The molecule has 0 amide bonds. The topological polar surface area (TPSA) is 32.3 Å². The molecule has 0 aliphatic carbocycles. The van der Waals surface area contributed by atoms with Gasteiger partial charge in [0.1, 0.15) is 0 Å². The van der Waals surface area contributed by atoms with E-state index in [-0.39, 0.29) is 0 Å². The average molecular weight is 327 g/mol. The zero-order valence-electron chi connectivity index (χ0n) is 10.3. The molecule has 0 aliphatic heterocycles. The molecule has 5 heteroatoms. The average Bonchev–Trinajstić information content (AvgIpc) is 2.31. The summed E-state index contributed by atoms with van der Waals surface area (Å²) in [7, 11) is 2.07. The molecule has 0 unspecified atom stereocenters. The van der Waals surface area contributed by atoms with Crippen molar-refractivity contribution in [3.63, 3.8) is 0 Å². The molecular formula is C11H20N4Sn. The van der Waals surface area contributed by atoms with Gasteiger partial charge >= 0.3 is 111 Å². The Hall–Kier alpha value is -0.361. The number of hydrogen-bond acceptors (Lipinski definition) is 4. The van der Waals surface area contributed by atoms with Crippen LogP contribution in [0.4, 0.5) is 5.82 Å². The third-order valence-corrected chi connectivity index (χ3v) is 3.55. The van der Waals surface area contributed by atoms with Crippen molar-refractivity contribution in [1.82, 2.24) is 14.9 Å². The van der Waals surface area contributed by atoms with Gasteiger partial charge in [-0.1, -0.05) is 0 Å². The first-order valence-corrected chi connectivity index (χ1v) is 7.33. The first-order chi connectivity index (χ1) is 7.67. The van der Waals surface area contributed by atoms with Crippen molar-refractivity contribution < 1.29 is 0 Å². The van der Waals surface area contributed by atoms with E-state index in [0.717, 1.165) is 58.2 Å². The fourth-order valence-electron chi connectivity index (χ4n) is 1.47. The maximum atomic E-state index is 4.39. The quantitative estimate of drug-likeness (QED) is 0.677. The molecule has 1 aromatic heterocycles. The van der Waals surface area contributed by atoms with Crippen LogP contribution in [0.3, 0.4) is 0 Å². The second-order valence-corrected chi connectivity index (χ2v) is 5.44. The molecule has 88 valence electrons. The first kappa shape index (κ1) is 13.7. The number of likely N-dealkylation sites (N-methyl/N-ethyl adjacent to an activating group) is 2. The summed E-state index contributed by atoms with van der Waals surface area (Å²) >= 11 is 1.03. The van der Waals surface area contributed by atoms with Crippen LogP contribution in [0.15, 0.2) is 12.4 Å². The van der Waals surface area contributed by atoms with E-state index in [1.807, 2.05) is 12.4 Å². The van der Waals surface area contributed by atoms with E-state index in [4.69, 9.17) is 0 Å². The van der Waals surface area contributed by atoms with Gasteiger partial charge in [0, 0.05) is 0 Å². The predicted octanol–water partition coefficient (Wildman–Crippen LogP) is -0.219. The van der Waals surface area contributed by atoms with Crippen LogP contribution < -0.4 is 8.61 Å². The summed E-state index contributed by atoms with van der Waals surface area (Å²) in [6, 6.07) is 0. The van der Waals surface area contributed by atoms with E-state index >= 15 is 0 Å². The van der Waals surface area contributed by atoms with Crippen LogP contribution in [0.25, 0.3) is 0 Å². The monoisotopic (exact) mass is 328 g/mol. The summed E-state index contributed by atoms with van der Waals surface area (Å²) in [5.41, 5.74) is 0. The summed E-state index contributed by atoms with van der Waals surface area (Å²) in [4.78, 5) is 13.3. The van der Waals surface area contributed by atoms with Crippen LogP contribution in [0, 0.1) is 0 Å². The van der Waals surface area contributed by atoms with E-state index < -0.39 is 0 Å². The normalized spacial score (nSPS) is 10.8. The van der Waals surface area contributed by atoms with E-state index in [1.54, 1.807) is 0 Å². The third kappa shape index (κ3) is 4.25. The summed E-state index contributed by atoms with van der Waals surface area (Å²) in [6.45, 7) is 8.67. The molecule has 0 spiro atoms. The van der Waals surface area contributed by atoms with Crippen LogP contribution in [-0.4, -0.2) is 70.6 Å².